The molecule has 0 aromatic carbocycles. The summed E-state index contributed by atoms with van der Waals surface area (Å²) in [6.45, 7) is 8.90. The maximum Gasteiger partial charge on any atom is 0.255 e. The summed E-state index contributed by atoms with van der Waals surface area (Å²) in [6, 6.07) is 0.406. The molecular formula is C13H22N4O. The molecule has 5 nitrogen and oxygen atoms in total. The quantitative estimate of drug-likeness (QED) is 0.845. The fraction of sp³-hybridized carbons (Fsp3) is 0.692. The smallest absolute Gasteiger partial charge is 0.255 e. The van der Waals surface area contributed by atoms with Crippen LogP contribution < -0.4 is 5.32 Å². The Morgan fingerprint density at radius 3 is 2.67 bits per heavy atom. The first-order valence-electron chi connectivity index (χ1n) is 6.63. The third kappa shape index (κ3) is 2.72. The number of amides is 1. The zero-order valence-corrected chi connectivity index (χ0v) is 11.4. The van der Waals surface area contributed by atoms with Crippen molar-refractivity contribution in [3.63, 3.8) is 0 Å². The van der Waals surface area contributed by atoms with E-state index in [4.69, 9.17) is 0 Å². The molecule has 1 aromatic heterocycles. The van der Waals surface area contributed by atoms with Gasteiger partial charge in [0.25, 0.3) is 5.91 Å². The second-order valence-corrected chi connectivity index (χ2v) is 5.11. The number of aryl methyl sites for hydroxylation is 2. The van der Waals surface area contributed by atoms with Crippen LogP contribution in [0.1, 0.15) is 41.5 Å². The molecule has 2 heterocycles. The average Bonchev–Trinajstić information content (AvgIpc) is 2.96. The lowest BCUT2D eigenvalue weighted by Gasteiger charge is -2.23. The van der Waals surface area contributed by atoms with Crippen LogP contribution in [-0.4, -0.2) is 46.7 Å². The molecule has 1 amide bonds. The Balaban J connectivity index is 1.88. The van der Waals surface area contributed by atoms with Crippen LogP contribution >= 0.6 is 0 Å². The molecule has 18 heavy (non-hydrogen) atoms. The highest BCUT2D eigenvalue weighted by molar-refractivity contribution is 5.96. The summed E-state index contributed by atoms with van der Waals surface area (Å²) in [5, 5.41) is 9.89. The fourth-order valence-electron chi connectivity index (χ4n) is 2.53. The molecule has 100 valence electrons. The molecule has 0 aliphatic carbocycles. The molecular weight excluding hydrogens is 228 g/mol. The van der Waals surface area contributed by atoms with Crippen LogP contribution in [0.4, 0.5) is 0 Å². The van der Waals surface area contributed by atoms with Crippen molar-refractivity contribution in [1.82, 2.24) is 20.4 Å². The predicted molar refractivity (Wildman–Crippen MR) is 70.7 cm³/mol. The maximum atomic E-state index is 12.1. The molecule has 1 aliphatic heterocycles. The highest BCUT2D eigenvalue weighted by atomic mass is 16.1. The largest absolute Gasteiger partial charge is 0.350 e. The molecule has 1 aromatic rings. The summed E-state index contributed by atoms with van der Waals surface area (Å²) in [4.78, 5) is 14.5. The Hall–Kier alpha value is -1.36. The number of likely N-dealkylation sites (tertiary alicyclic amines) is 1. The van der Waals surface area contributed by atoms with Crippen LogP contribution in [0, 0.1) is 13.8 Å². The standard InChI is InChI=1S/C13H22N4O/c1-9(17-6-4-5-7-17)8-14-13(18)12-10(2)15-16-11(12)3/h9H,4-8H2,1-3H3,(H,14,18)(H,15,16). The number of rotatable bonds is 4. The Bertz CT molecular complexity index is 401. The summed E-state index contributed by atoms with van der Waals surface area (Å²) in [7, 11) is 0. The minimum atomic E-state index is -0.0233. The summed E-state index contributed by atoms with van der Waals surface area (Å²) >= 11 is 0. The molecule has 0 spiro atoms. The second-order valence-electron chi connectivity index (χ2n) is 5.11. The number of carbonyl (C=O) groups excluding carboxylic acids is 1. The molecule has 1 atom stereocenters. The molecule has 1 aliphatic rings. The Morgan fingerprint density at radius 2 is 2.11 bits per heavy atom. The van der Waals surface area contributed by atoms with E-state index in [9.17, 15) is 4.79 Å². The zero-order valence-electron chi connectivity index (χ0n) is 11.4. The van der Waals surface area contributed by atoms with Crippen LogP contribution in [-0.2, 0) is 0 Å². The van der Waals surface area contributed by atoms with E-state index in [1.54, 1.807) is 0 Å². The number of aromatic nitrogens is 2. The van der Waals surface area contributed by atoms with Gasteiger partial charge in [0.05, 0.1) is 11.3 Å². The van der Waals surface area contributed by atoms with Crippen molar-refractivity contribution in [3.05, 3.63) is 17.0 Å². The average molecular weight is 250 g/mol. The van der Waals surface area contributed by atoms with Gasteiger partial charge in [-0.3, -0.25) is 14.8 Å². The van der Waals surface area contributed by atoms with E-state index in [-0.39, 0.29) is 5.91 Å². The van der Waals surface area contributed by atoms with Gasteiger partial charge in [-0.25, -0.2) is 0 Å². The lowest BCUT2D eigenvalue weighted by molar-refractivity contribution is 0.0939. The molecule has 0 radical (unpaired) electrons. The van der Waals surface area contributed by atoms with Crippen molar-refractivity contribution in [2.75, 3.05) is 19.6 Å². The fourth-order valence-corrected chi connectivity index (χ4v) is 2.53. The van der Waals surface area contributed by atoms with Gasteiger partial charge in [-0.05, 0) is 46.7 Å². The molecule has 1 fully saturated rings. The summed E-state index contributed by atoms with van der Waals surface area (Å²) in [5.41, 5.74) is 2.28. The molecule has 5 heteroatoms. The number of hydrogen-bond acceptors (Lipinski definition) is 3. The van der Waals surface area contributed by atoms with E-state index in [1.807, 2.05) is 13.8 Å². The van der Waals surface area contributed by atoms with Crippen LogP contribution in [0.5, 0.6) is 0 Å². The van der Waals surface area contributed by atoms with Gasteiger partial charge in [0.15, 0.2) is 0 Å². The van der Waals surface area contributed by atoms with E-state index in [2.05, 4.69) is 27.3 Å². The van der Waals surface area contributed by atoms with E-state index in [0.717, 1.165) is 24.5 Å². The van der Waals surface area contributed by atoms with Crippen molar-refractivity contribution in [2.24, 2.45) is 0 Å². The Morgan fingerprint density at radius 1 is 1.44 bits per heavy atom. The van der Waals surface area contributed by atoms with Crippen LogP contribution in [0.3, 0.4) is 0 Å². The second kappa shape index (κ2) is 5.52. The molecule has 2 rings (SSSR count). The number of nitrogens with one attached hydrogen (secondary N) is 2. The van der Waals surface area contributed by atoms with Gasteiger partial charge in [-0.2, -0.15) is 5.10 Å². The van der Waals surface area contributed by atoms with Gasteiger partial charge in [0.2, 0.25) is 0 Å². The first-order valence-corrected chi connectivity index (χ1v) is 6.63. The van der Waals surface area contributed by atoms with Crippen LogP contribution in [0.2, 0.25) is 0 Å². The Labute approximate surface area is 108 Å². The van der Waals surface area contributed by atoms with Crippen molar-refractivity contribution in [1.29, 1.82) is 0 Å². The maximum absolute atomic E-state index is 12.1. The van der Waals surface area contributed by atoms with Gasteiger partial charge in [-0.1, -0.05) is 0 Å². The third-order valence-electron chi connectivity index (χ3n) is 3.68. The van der Waals surface area contributed by atoms with Gasteiger partial charge in [0.1, 0.15) is 0 Å². The summed E-state index contributed by atoms with van der Waals surface area (Å²) < 4.78 is 0. The molecule has 0 bridgehead atoms. The van der Waals surface area contributed by atoms with E-state index < -0.39 is 0 Å². The first kappa shape index (κ1) is 13.1. The van der Waals surface area contributed by atoms with Gasteiger partial charge >= 0.3 is 0 Å². The monoisotopic (exact) mass is 250 g/mol. The van der Waals surface area contributed by atoms with Crippen LogP contribution in [0.15, 0.2) is 0 Å². The number of nitrogens with zero attached hydrogens (tertiary/aromatic N) is 2. The third-order valence-corrected chi connectivity index (χ3v) is 3.68. The van der Waals surface area contributed by atoms with E-state index in [1.165, 1.54) is 12.8 Å². The highest BCUT2D eigenvalue weighted by Gasteiger charge is 2.20. The zero-order chi connectivity index (χ0) is 13.1. The number of aromatic amines is 1. The highest BCUT2D eigenvalue weighted by Crippen LogP contribution is 2.12. The van der Waals surface area contributed by atoms with Crippen molar-refractivity contribution < 1.29 is 4.79 Å². The van der Waals surface area contributed by atoms with Crippen molar-refractivity contribution in [2.45, 2.75) is 39.7 Å². The summed E-state index contributed by atoms with van der Waals surface area (Å²) in [6.07, 6.45) is 2.55. The molecule has 2 N–H and O–H groups in total. The molecule has 1 unspecified atom stereocenters. The van der Waals surface area contributed by atoms with Crippen molar-refractivity contribution in [3.8, 4) is 0 Å². The van der Waals surface area contributed by atoms with Gasteiger partial charge < -0.3 is 5.32 Å². The lowest BCUT2D eigenvalue weighted by Crippen LogP contribution is -2.40. The minimum absolute atomic E-state index is 0.0233. The number of H-pyrrole nitrogens is 1. The minimum Gasteiger partial charge on any atom is -0.350 e. The predicted octanol–water partition coefficient (Wildman–Crippen LogP) is 1.24. The normalized spacial score (nSPS) is 17.9. The van der Waals surface area contributed by atoms with Gasteiger partial charge in [0, 0.05) is 18.3 Å². The SMILES string of the molecule is Cc1n[nH]c(C)c1C(=O)NCC(C)N1CCCC1. The lowest BCUT2D eigenvalue weighted by atomic mass is 10.2. The first-order chi connectivity index (χ1) is 8.59. The Kier molecular flexibility index (Phi) is 4.01. The molecule has 1 saturated heterocycles. The van der Waals surface area contributed by atoms with E-state index >= 15 is 0 Å². The van der Waals surface area contributed by atoms with Crippen molar-refractivity contribution >= 4 is 5.91 Å². The summed E-state index contributed by atoms with van der Waals surface area (Å²) in [5.74, 6) is -0.0233. The number of carbonyl (C=O) groups is 1. The van der Waals surface area contributed by atoms with Crippen LogP contribution in [0.25, 0.3) is 0 Å². The topological polar surface area (TPSA) is 61.0 Å². The molecule has 0 saturated carbocycles. The van der Waals surface area contributed by atoms with E-state index in [0.29, 0.717) is 18.2 Å². The number of hydrogen-bond donors (Lipinski definition) is 2. The van der Waals surface area contributed by atoms with Gasteiger partial charge in [-0.15, -0.1) is 0 Å².